The average molecular weight is 448 g/mol. The van der Waals surface area contributed by atoms with Gasteiger partial charge in [-0.3, -0.25) is 9.59 Å². The Morgan fingerprint density at radius 3 is 2.69 bits per heavy atom. The molecule has 0 spiro atoms. The van der Waals surface area contributed by atoms with E-state index in [-0.39, 0.29) is 17.3 Å². The molecular formula is C20H15ClFN3O2S2. The molecule has 0 saturated carbocycles. The third-order valence-electron chi connectivity index (χ3n) is 4.39. The molecule has 2 amide bonds. The molecule has 1 fully saturated rings. The number of rotatable bonds is 4. The molecule has 1 N–H and O–H groups in total. The van der Waals surface area contributed by atoms with Gasteiger partial charge in [0.2, 0.25) is 5.91 Å². The van der Waals surface area contributed by atoms with Crippen LogP contribution in [0.15, 0.2) is 53.9 Å². The van der Waals surface area contributed by atoms with Gasteiger partial charge in [0.15, 0.2) is 0 Å². The van der Waals surface area contributed by atoms with Gasteiger partial charge in [0.05, 0.1) is 11.6 Å². The summed E-state index contributed by atoms with van der Waals surface area (Å²) in [4.78, 5) is 31.5. The molecule has 1 unspecified atom stereocenters. The molecule has 2 heterocycles. The molecule has 1 atom stereocenters. The lowest BCUT2D eigenvalue weighted by molar-refractivity contribution is -0.119. The number of aromatic nitrogens is 1. The average Bonchev–Trinajstić information content (AvgIpc) is 3.40. The first-order valence-corrected chi connectivity index (χ1v) is 11.1. The highest BCUT2D eigenvalue weighted by Gasteiger charge is 2.36. The van der Waals surface area contributed by atoms with E-state index in [1.807, 2.05) is 12.1 Å². The van der Waals surface area contributed by atoms with Crippen molar-refractivity contribution in [2.24, 2.45) is 0 Å². The van der Waals surface area contributed by atoms with Crippen molar-refractivity contribution in [1.29, 1.82) is 0 Å². The summed E-state index contributed by atoms with van der Waals surface area (Å²) in [5.41, 5.74) is 1.25. The van der Waals surface area contributed by atoms with Gasteiger partial charge in [-0.25, -0.2) is 9.37 Å². The second kappa shape index (κ2) is 8.52. The Labute approximate surface area is 179 Å². The van der Waals surface area contributed by atoms with Gasteiger partial charge in [-0.05, 0) is 24.3 Å². The fourth-order valence-corrected chi connectivity index (χ4v) is 4.96. The maximum absolute atomic E-state index is 13.8. The SMILES string of the molecule is O=C(Nc1ccccc1F)C1CSCN1C(=O)c1csc(-c2ccc(Cl)cc2)n1. The second-order valence-electron chi connectivity index (χ2n) is 6.30. The summed E-state index contributed by atoms with van der Waals surface area (Å²) in [6.45, 7) is 0. The van der Waals surface area contributed by atoms with Gasteiger partial charge in [-0.15, -0.1) is 23.1 Å². The predicted molar refractivity (Wildman–Crippen MR) is 115 cm³/mol. The van der Waals surface area contributed by atoms with Gasteiger partial charge in [0, 0.05) is 21.7 Å². The van der Waals surface area contributed by atoms with Crippen LogP contribution < -0.4 is 5.32 Å². The second-order valence-corrected chi connectivity index (χ2v) is 8.60. The monoisotopic (exact) mass is 447 g/mol. The molecule has 0 radical (unpaired) electrons. The number of hydrogen-bond acceptors (Lipinski definition) is 5. The van der Waals surface area contributed by atoms with E-state index in [0.29, 0.717) is 21.7 Å². The van der Waals surface area contributed by atoms with E-state index in [1.54, 1.807) is 29.6 Å². The van der Waals surface area contributed by atoms with E-state index in [4.69, 9.17) is 11.6 Å². The maximum atomic E-state index is 13.8. The lowest BCUT2D eigenvalue weighted by atomic mass is 10.2. The zero-order valence-corrected chi connectivity index (χ0v) is 17.4. The smallest absolute Gasteiger partial charge is 0.274 e. The number of nitrogens with zero attached hydrogens (tertiary/aromatic N) is 2. The third-order valence-corrected chi connectivity index (χ3v) is 6.55. The molecule has 1 aliphatic heterocycles. The van der Waals surface area contributed by atoms with Crippen LogP contribution in [-0.4, -0.2) is 39.4 Å². The summed E-state index contributed by atoms with van der Waals surface area (Å²) in [6.07, 6.45) is 0. The van der Waals surface area contributed by atoms with Crippen LogP contribution in [0.5, 0.6) is 0 Å². The summed E-state index contributed by atoms with van der Waals surface area (Å²) >= 11 is 8.74. The summed E-state index contributed by atoms with van der Waals surface area (Å²) in [5, 5.41) is 5.58. The molecule has 3 aromatic rings. The first kappa shape index (κ1) is 19.9. The van der Waals surface area contributed by atoms with Crippen LogP contribution in [-0.2, 0) is 4.79 Å². The van der Waals surface area contributed by atoms with Crippen molar-refractivity contribution in [2.45, 2.75) is 6.04 Å². The fraction of sp³-hybridized carbons (Fsp3) is 0.150. The highest BCUT2D eigenvalue weighted by Crippen LogP contribution is 2.28. The molecule has 29 heavy (non-hydrogen) atoms. The van der Waals surface area contributed by atoms with Crippen LogP contribution in [0, 0.1) is 5.82 Å². The minimum Gasteiger partial charge on any atom is -0.322 e. The number of halogens is 2. The Kier molecular flexibility index (Phi) is 5.84. The number of benzene rings is 2. The number of carbonyl (C=O) groups is 2. The van der Waals surface area contributed by atoms with Gasteiger partial charge in [-0.1, -0.05) is 35.9 Å². The lowest BCUT2D eigenvalue weighted by Gasteiger charge is -2.22. The molecule has 4 rings (SSSR count). The first-order chi connectivity index (χ1) is 14.0. The Hall–Kier alpha value is -2.42. The Bertz CT molecular complexity index is 1060. The molecule has 1 saturated heterocycles. The zero-order valence-electron chi connectivity index (χ0n) is 15.0. The van der Waals surface area contributed by atoms with Crippen molar-refractivity contribution < 1.29 is 14.0 Å². The number of hydrogen-bond donors (Lipinski definition) is 1. The van der Waals surface area contributed by atoms with E-state index in [0.717, 1.165) is 5.56 Å². The summed E-state index contributed by atoms with van der Waals surface area (Å²) in [7, 11) is 0. The molecule has 9 heteroatoms. The first-order valence-electron chi connectivity index (χ1n) is 8.68. The van der Waals surface area contributed by atoms with Gasteiger partial charge < -0.3 is 10.2 Å². The quantitative estimate of drug-likeness (QED) is 0.626. The fourth-order valence-electron chi connectivity index (χ4n) is 2.88. The number of thioether (sulfide) groups is 1. The molecule has 0 bridgehead atoms. The lowest BCUT2D eigenvalue weighted by Crippen LogP contribution is -2.44. The Balaban J connectivity index is 1.50. The van der Waals surface area contributed by atoms with Crippen molar-refractivity contribution in [3.8, 4) is 10.6 Å². The normalized spacial score (nSPS) is 16.1. The van der Waals surface area contributed by atoms with Crippen LogP contribution in [0.2, 0.25) is 5.02 Å². The van der Waals surface area contributed by atoms with Gasteiger partial charge >= 0.3 is 0 Å². The maximum Gasteiger partial charge on any atom is 0.274 e. The number of para-hydroxylation sites is 1. The number of thiazole rings is 1. The van der Waals surface area contributed by atoms with Crippen molar-refractivity contribution in [2.75, 3.05) is 16.9 Å². The molecule has 0 aliphatic carbocycles. The van der Waals surface area contributed by atoms with E-state index < -0.39 is 17.8 Å². The Morgan fingerprint density at radius 1 is 1.17 bits per heavy atom. The standard InChI is InChI=1S/C20H15ClFN3O2S2/c21-13-7-5-12(6-8-13)19-24-16(9-29-19)20(27)25-11-28-10-17(25)18(26)23-15-4-2-1-3-14(15)22/h1-9,17H,10-11H2,(H,23,26). The van der Waals surface area contributed by atoms with E-state index in [2.05, 4.69) is 10.3 Å². The number of nitrogens with one attached hydrogen (secondary N) is 1. The number of anilines is 1. The molecule has 1 aliphatic rings. The topological polar surface area (TPSA) is 62.3 Å². The summed E-state index contributed by atoms with van der Waals surface area (Å²) in [5.74, 6) is -0.430. The zero-order chi connectivity index (χ0) is 20.4. The van der Waals surface area contributed by atoms with Crippen molar-refractivity contribution >= 4 is 52.2 Å². The molecule has 148 valence electrons. The van der Waals surface area contributed by atoms with Crippen LogP contribution in [0.25, 0.3) is 10.6 Å². The van der Waals surface area contributed by atoms with Crippen LogP contribution in [0.4, 0.5) is 10.1 Å². The van der Waals surface area contributed by atoms with Crippen molar-refractivity contribution in [1.82, 2.24) is 9.88 Å². The van der Waals surface area contributed by atoms with Crippen molar-refractivity contribution in [3.63, 3.8) is 0 Å². The molecular weight excluding hydrogens is 433 g/mol. The van der Waals surface area contributed by atoms with Crippen LogP contribution >= 0.6 is 34.7 Å². The highest BCUT2D eigenvalue weighted by atomic mass is 35.5. The number of amides is 2. The predicted octanol–water partition coefficient (Wildman–Crippen LogP) is 4.76. The minimum absolute atomic E-state index is 0.0977. The Morgan fingerprint density at radius 2 is 1.93 bits per heavy atom. The molecule has 1 aromatic heterocycles. The summed E-state index contributed by atoms with van der Waals surface area (Å²) < 4.78 is 13.8. The van der Waals surface area contributed by atoms with E-state index in [1.165, 1.54) is 40.1 Å². The molecule has 2 aromatic carbocycles. The number of carbonyl (C=O) groups excluding carboxylic acids is 2. The minimum atomic E-state index is -0.687. The largest absolute Gasteiger partial charge is 0.322 e. The molecule has 5 nitrogen and oxygen atoms in total. The van der Waals surface area contributed by atoms with Crippen LogP contribution in [0.3, 0.4) is 0 Å². The van der Waals surface area contributed by atoms with E-state index >= 15 is 0 Å². The van der Waals surface area contributed by atoms with Gasteiger partial charge in [0.1, 0.15) is 22.6 Å². The van der Waals surface area contributed by atoms with E-state index in [9.17, 15) is 14.0 Å². The third kappa shape index (κ3) is 4.29. The summed E-state index contributed by atoms with van der Waals surface area (Å²) in [6, 6.07) is 12.5. The van der Waals surface area contributed by atoms with Gasteiger partial charge in [0.25, 0.3) is 5.91 Å². The highest BCUT2D eigenvalue weighted by molar-refractivity contribution is 7.99. The van der Waals surface area contributed by atoms with Crippen molar-refractivity contribution in [3.05, 3.63) is 70.4 Å². The van der Waals surface area contributed by atoms with Crippen LogP contribution in [0.1, 0.15) is 10.5 Å². The van der Waals surface area contributed by atoms with Gasteiger partial charge in [-0.2, -0.15) is 0 Å².